The first kappa shape index (κ1) is 29.0. The number of carbonyl (C=O) groups is 1. The number of amidine groups is 1. The zero-order valence-electron chi connectivity index (χ0n) is 22.4. The summed E-state index contributed by atoms with van der Waals surface area (Å²) in [4.78, 5) is 24.1. The molecule has 1 amide bonds. The van der Waals surface area contributed by atoms with Gasteiger partial charge in [-0.3, -0.25) is 4.79 Å². The third-order valence-corrected chi connectivity index (χ3v) is 8.52. The molecular formula is C29H35Cl2N3O3S. The van der Waals surface area contributed by atoms with Crippen LogP contribution in [0.2, 0.25) is 10.0 Å². The first-order chi connectivity index (χ1) is 18.1. The minimum atomic E-state index is -0.606. The van der Waals surface area contributed by atoms with E-state index in [9.17, 15) is 4.79 Å². The molecule has 0 spiro atoms. The van der Waals surface area contributed by atoms with Crippen LogP contribution in [0.3, 0.4) is 0 Å². The molecule has 0 radical (unpaired) electrons. The lowest BCUT2D eigenvalue weighted by molar-refractivity contribution is -0.129. The molecule has 2 heterocycles. The van der Waals surface area contributed by atoms with Crippen LogP contribution in [-0.4, -0.2) is 58.4 Å². The van der Waals surface area contributed by atoms with Crippen molar-refractivity contribution in [1.82, 2.24) is 9.80 Å². The van der Waals surface area contributed by atoms with Crippen molar-refractivity contribution in [1.29, 1.82) is 0 Å². The monoisotopic (exact) mass is 575 g/mol. The van der Waals surface area contributed by atoms with Gasteiger partial charge in [0.2, 0.25) is 0 Å². The largest absolute Gasteiger partial charge is 0.394 e. The molecular weight excluding hydrogens is 541 g/mol. The number of hydrogen-bond acceptors (Lipinski definition) is 6. The second-order valence-electron chi connectivity index (χ2n) is 10.3. The van der Waals surface area contributed by atoms with Crippen LogP contribution in [0, 0.1) is 5.92 Å². The predicted molar refractivity (Wildman–Crippen MR) is 156 cm³/mol. The van der Waals surface area contributed by atoms with Crippen LogP contribution in [0.4, 0.5) is 0 Å². The molecule has 0 saturated heterocycles. The lowest BCUT2D eigenvalue weighted by Crippen LogP contribution is -2.41. The lowest BCUT2D eigenvalue weighted by atomic mass is 9.81. The Kier molecular flexibility index (Phi) is 9.15. The van der Waals surface area contributed by atoms with E-state index in [1.54, 1.807) is 0 Å². The number of rotatable bonds is 10. The van der Waals surface area contributed by atoms with Crippen molar-refractivity contribution < 1.29 is 14.6 Å². The van der Waals surface area contributed by atoms with Gasteiger partial charge in [-0.05, 0) is 73.8 Å². The van der Waals surface area contributed by atoms with Gasteiger partial charge < -0.3 is 19.6 Å². The Morgan fingerprint density at radius 3 is 2.24 bits per heavy atom. The van der Waals surface area contributed by atoms with E-state index in [1.165, 1.54) is 11.8 Å². The van der Waals surface area contributed by atoms with Gasteiger partial charge in [-0.2, -0.15) is 0 Å². The van der Waals surface area contributed by atoms with Gasteiger partial charge in [0.05, 0.1) is 25.9 Å². The summed E-state index contributed by atoms with van der Waals surface area (Å²) in [5, 5.41) is 11.2. The van der Waals surface area contributed by atoms with E-state index >= 15 is 0 Å². The maximum atomic E-state index is 14.0. The number of thioether (sulfide) groups is 1. The average Bonchev–Trinajstić information content (AvgIpc) is 3.37. The number of allylic oxidation sites excluding steroid dienone is 1. The molecule has 9 heteroatoms. The highest BCUT2D eigenvalue weighted by Crippen LogP contribution is 2.56. The van der Waals surface area contributed by atoms with E-state index in [0.29, 0.717) is 28.1 Å². The fourth-order valence-corrected chi connectivity index (χ4v) is 6.73. The number of aliphatic hydroxyl groups excluding tert-OH is 1. The normalized spacial score (nSPS) is 20.9. The molecule has 6 nitrogen and oxygen atoms in total. The summed E-state index contributed by atoms with van der Waals surface area (Å²) < 4.78 is 5.47. The van der Waals surface area contributed by atoms with Crippen molar-refractivity contribution in [3.05, 3.63) is 80.3 Å². The van der Waals surface area contributed by atoms with Gasteiger partial charge >= 0.3 is 0 Å². The van der Waals surface area contributed by atoms with Crippen molar-refractivity contribution in [3.8, 4) is 0 Å². The number of nitrogens with zero attached hydrogens (tertiary/aromatic N) is 3. The number of amides is 1. The fourth-order valence-electron chi connectivity index (χ4n) is 5.12. The minimum Gasteiger partial charge on any atom is -0.394 e. The standard InChI is InChI=1S/C29H35Cl2N3O3S/c1-18(2)24-25(27(36)33(19(3)4)14-16-37-17-15-35)38-28-32-29(5,21-8-12-23(31)13-9-21)26(34(24)28)20-6-10-22(30)11-7-20/h6-13,18-19,26,35H,14-17H2,1-5H3/t26-,29+/m1/s1. The van der Waals surface area contributed by atoms with E-state index in [4.69, 9.17) is 38.0 Å². The summed E-state index contributed by atoms with van der Waals surface area (Å²) in [5.74, 6) is 0.0534. The maximum Gasteiger partial charge on any atom is 0.262 e. The quantitative estimate of drug-likeness (QED) is 0.328. The zero-order chi connectivity index (χ0) is 27.6. The third kappa shape index (κ3) is 5.63. The van der Waals surface area contributed by atoms with Gasteiger partial charge in [-0.1, -0.05) is 61.3 Å². The van der Waals surface area contributed by atoms with Gasteiger partial charge in [-0.15, -0.1) is 0 Å². The Balaban J connectivity index is 1.78. The van der Waals surface area contributed by atoms with Crippen molar-refractivity contribution in [3.63, 3.8) is 0 Å². The predicted octanol–water partition coefficient (Wildman–Crippen LogP) is 6.48. The highest BCUT2D eigenvalue weighted by atomic mass is 35.5. The molecule has 2 aromatic rings. The number of hydrogen-bond donors (Lipinski definition) is 1. The van der Waals surface area contributed by atoms with Crippen LogP contribution in [0.1, 0.15) is 51.8 Å². The van der Waals surface area contributed by atoms with Crippen LogP contribution in [0.5, 0.6) is 0 Å². The summed E-state index contributed by atoms with van der Waals surface area (Å²) in [7, 11) is 0. The Bertz CT molecular complexity index is 1210. The lowest BCUT2D eigenvalue weighted by Gasteiger charge is -2.37. The SMILES string of the molecule is CC(C)C1=C(C(=O)N(CCOCCO)C(C)C)SC2=N[C@@](C)(c3ccc(Cl)cc3)[C@@H](c3ccc(Cl)cc3)N21. The summed E-state index contributed by atoms with van der Waals surface area (Å²) in [6, 6.07) is 15.5. The van der Waals surface area contributed by atoms with Gasteiger partial charge in [0.1, 0.15) is 10.4 Å². The Hall–Kier alpha value is -2.03. The van der Waals surface area contributed by atoms with E-state index in [0.717, 1.165) is 22.0 Å². The van der Waals surface area contributed by atoms with Gasteiger partial charge in [0.15, 0.2) is 5.17 Å². The average molecular weight is 577 g/mol. The van der Waals surface area contributed by atoms with Crippen molar-refractivity contribution >= 4 is 46.0 Å². The first-order valence-electron chi connectivity index (χ1n) is 12.9. The molecule has 4 rings (SSSR count). The van der Waals surface area contributed by atoms with Gasteiger partial charge in [0, 0.05) is 28.3 Å². The van der Waals surface area contributed by atoms with E-state index in [1.807, 2.05) is 67.3 Å². The van der Waals surface area contributed by atoms with Crippen LogP contribution >= 0.6 is 35.0 Å². The van der Waals surface area contributed by atoms with E-state index < -0.39 is 5.54 Å². The van der Waals surface area contributed by atoms with E-state index in [-0.39, 0.29) is 37.1 Å². The summed E-state index contributed by atoms with van der Waals surface area (Å²) in [5.41, 5.74) is 2.48. The van der Waals surface area contributed by atoms with Crippen LogP contribution in [-0.2, 0) is 15.1 Å². The number of halogens is 2. The van der Waals surface area contributed by atoms with Gasteiger partial charge in [-0.25, -0.2) is 4.99 Å². The highest BCUT2D eigenvalue weighted by Gasteiger charge is 2.53. The first-order valence-corrected chi connectivity index (χ1v) is 14.5. The second kappa shape index (κ2) is 12.0. The topological polar surface area (TPSA) is 65.4 Å². The molecule has 0 fully saturated rings. The molecule has 2 atom stereocenters. The van der Waals surface area contributed by atoms with Crippen LogP contribution in [0.25, 0.3) is 0 Å². The molecule has 0 aromatic heterocycles. The molecule has 0 bridgehead atoms. The number of benzene rings is 2. The Morgan fingerprint density at radius 1 is 1.08 bits per heavy atom. The molecule has 204 valence electrons. The smallest absolute Gasteiger partial charge is 0.262 e. The summed E-state index contributed by atoms with van der Waals surface area (Å²) in [6.45, 7) is 11.4. The number of aliphatic hydroxyl groups is 1. The number of aliphatic imine (C=N–C) groups is 1. The third-order valence-electron chi connectivity index (χ3n) is 6.96. The molecule has 0 aliphatic carbocycles. The zero-order valence-corrected chi connectivity index (χ0v) is 24.8. The fraction of sp³-hybridized carbons (Fsp3) is 0.448. The molecule has 0 unspecified atom stereocenters. The van der Waals surface area contributed by atoms with Crippen LogP contribution < -0.4 is 0 Å². The van der Waals surface area contributed by atoms with Crippen molar-refractivity contribution in [2.24, 2.45) is 10.9 Å². The summed E-state index contributed by atoms with van der Waals surface area (Å²) >= 11 is 13.9. The minimum absolute atomic E-state index is 0.00878. The maximum absolute atomic E-state index is 14.0. The number of carbonyl (C=O) groups excluding carboxylic acids is 1. The molecule has 38 heavy (non-hydrogen) atoms. The summed E-state index contributed by atoms with van der Waals surface area (Å²) in [6.07, 6.45) is 0. The molecule has 2 aliphatic heterocycles. The molecule has 0 saturated carbocycles. The van der Waals surface area contributed by atoms with Gasteiger partial charge in [0.25, 0.3) is 5.91 Å². The Labute approximate surface area is 239 Å². The van der Waals surface area contributed by atoms with E-state index in [2.05, 4.69) is 25.7 Å². The number of fused-ring (bicyclic) bond motifs is 1. The van der Waals surface area contributed by atoms with Crippen LogP contribution in [0.15, 0.2) is 64.1 Å². The molecule has 1 N–H and O–H groups in total. The second-order valence-corrected chi connectivity index (χ2v) is 12.1. The molecule has 2 aromatic carbocycles. The number of ether oxygens (including phenoxy) is 1. The van der Waals surface area contributed by atoms with Crippen molar-refractivity contribution in [2.45, 2.75) is 52.2 Å². The van der Waals surface area contributed by atoms with Crippen molar-refractivity contribution in [2.75, 3.05) is 26.4 Å². The Morgan fingerprint density at radius 2 is 1.68 bits per heavy atom. The molecule has 2 aliphatic rings. The highest BCUT2D eigenvalue weighted by molar-refractivity contribution is 8.18.